The lowest BCUT2D eigenvalue weighted by Gasteiger charge is -2.24. The highest BCUT2D eigenvalue weighted by Gasteiger charge is 2.19. The summed E-state index contributed by atoms with van der Waals surface area (Å²) in [5, 5.41) is 3.03. The normalized spacial score (nSPS) is 15.9. The van der Waals surface area contributed by atoms with E-state index in [4.69, 9.17) is 4.74 Å². The lowest BCUT2D eigenvalue weighted by molar-refractivity contribution is 0.0938. The summed E-state index contributed by atoms with van der Waals surface area (Å²) in [5.41, 5.74) is 0.537. The molecule has 1 N–H and O–H groups in total. The second kappa shape index (κ2) is 7.93. The van der Waals surface area contributed by atoms with Gasteiger partial charge in [-0.2, -0.15) is 0 Å². The predicted octanol–water partition coefficient (Wildman–Crippen LogP) is 3.09. The van der Waals surface area contributed by atoms with Crippen LogP contribution in [0.2, 0.25) is 0 Å². The molecule has 1 aromatic heterocycles. The van der Waals surface area contributed by atoms with Gasteiger partial charge in [-0.3, -0.25) is 14.7 Å². The highest BCUT2D eigenvalue weighted by atomic mass is 16.5. The minimum atomic E-state index is -0.111. The number of nitrogens with zero attached hydrogens (tertiary/aromatic N) is 2. The minimum absolute atomic E-state index is 0.111. The third-order valence-corrected chi connectivity index (χ3v) is 4.32. The van der Waals surface area contributed by atoms with Crippen LogP contribution in [-0.2, 0) is 0 Å². The van der Waals surface area contributed by atoms with Crippen molar-refractivity contribution in [3.05, 3.63) is 54.4 Å². The van der Waals surface area contributed by atoms with Crippen LogP contribution in [0, 0.1) is 0 Å². The van der Waals surface area contributed by atoms with Gasteiger partial charge in [-0.05, 0) is 57.1 Å². The molecule has 0 spiro atoms. The summed E-state index contributed by atoms with van der Waals surface area (Å²) in [6.45, 7) is 5.04. The molecule has 0 unspecified atom stereocenters. The van der Waals surface area contributed by atoms with Gasteiger partial charge in [0.05, 0.1) is 11.8 Å². The molecular weight excluding hydrogens is 302 g/mol. The molecule has 1 aliphatic rings. The number of pyridine rings is 1. The molecule has 2 heterocycles. The monoisotopic (exact) mass is 325 g/mol. The summed E-state index contributed by atoms with van der Waals surface area (Å²) in [4.78, 5) is 19.0. The van der Waals surface area contributed by atoms with Gasteiger partial charge in [0.15, 0.2) is 0 Å². The van der Waals surface area contributed by atoms with E-state index >= 15 is 0 Å². The number of nitrogens with one attached hydrogen (secondary N) is 1. The zero-order chi connectivity index (χ0) is 16.8. The molecule has 1 saturated heterocycles. The largest absolute Gasteiger partial charge is 0.455 e. The fourth-order valence-corrected chi connectivity index (χ4v) is 2.92. The number of aromatic nitrogens is 1. The first-order valence-electron chi connectivity index (χ1n) is 8.43. The van der Waals surface area contributed by atoms with E-state index in [9.17, 15) is 4.79 Å². The van der Waals surface area contributed by atoms with Gasteiger partial charge in [-0.25, -0.2) is 0 Å². The summed E-state index contributed by atoms with van der Waals surface area (Å²) in [6, 6.07) is 11.2. The van der Waals surface area contributed by atoms with Crippen LogP contribution in [0.4, 0.5) is 0 Å². The van der Waals surface area contributed by atoms with Gasteiger partial charge in [0.2, 0.25) is 0 Å². The first kappa shape index (κ1) is 16.5. The SMILES string of the molecule is C[C@@H](CNC(=O)c1ccccc1Oc1cccnc1)N1CCCC1. The molecule has 0 bridgehead atoms. The molecular formula is C19H23N3O2. The van der Waals surface area contributed by atoms with Gasteiger partial charge in [0.25, 0.3) is 5.91 Å². The van der Waals surface area contributed by atoms with Crippen LogP contribution in [0.25, 0.3) is 0 Å². The lowest BCUT2D eigenvalue weighted by atomic mass is 10.2. The molecule has 0 aliphatic carbocycles. The molecule has 1 atom stereocenters. The molecule has 0 radical (unpaired) electrons. The Hall–Kier alpha value is -2.40. The van der Waals surface area contributed by atoms with Gasteiger partial charge >= 0.3 is 0 Å². The van der Waals surface area contributed by atoms with E-state index < -0.39 is 0 Å². The van der Waals surface area contributed by atoms with Crippen molar-refractivity contribution in [1.29, 1.82) is 0 Å². The molecule has 1 aliphatic heterocycles. The van der Waals surface area contributed by atoms with Crippen LogP contribution in [0.1, 0.15) is 30.1 Å². The average molecular weight is 325 g/mol. The number of likely N-dealkylation sites (tertiary alicyclic amines) is 1. The standard InChI is InChI=1S/C19H23N3O2/c1-15(22-11-4-5-12-22)13-21-19(23)17-8-2-3-9-18(17)24-16-7-6-10-20-14-16/h2-3,6-10,14-15H,4-5,11-13H2,1H3,(H,21,23)/t15-/m0/s1. The third kappa shape index (κ3) is 4.11. The number of ether oxygens (including phenoxy) is 1. The maximum atomic E-state index is 12.5. The van der Waals surface area contributed by atoms with E-state index in [-0.39, 0.29) is 5.91 Å². The highest BCUT2D eigenvalue weighted by molar-refractivity contribution is 5.97. The van der Waals surface area contributed by atoms with E-state index in [0.29, 0.717) is 29.6 Å². The fraction of sp³-hybridized carbons (Fsp3) is 0.368. The zero-order valence-electron chi connectivity index (χ0n) is 13.9. The number of carbonyl (C=O) groups is 1. The van der Waals surface area contributed by atoms with Crippen molar-refractivity contribution in [3.63, 3.8) is 0 Å². The second-order valence-corrected chi connectivity index (χ2v) is 6.09. The van der Waals surface area contributed by atoms with Crippen LogP contribution in [-0.4, -0.2) is 41.5 Å². The van der Waals surface area contributed by atoms with Crippen molar-refractivity contribution in [2.45, 2.75) is 25.8 Å². The zero-order valence-corrected chi connectivity index (χ0v) is 13.9. The van der Waals surface area contributed by atoms with E-state index in [1.807, 2.05) is 18.2 Å². The van der Waals surface area contributed by atoms with Crippen LogP contribution in [0.5, 0.6) is 11.5 Å². The van der Waals surface area contributed by atoms with Crippen LogP contribution >= 0.6 is 0 Å². The highest BCUT2D eigenvalue weighted by Crippen LogP contribution is 2.24. The van der Waals surface area contributed by atoms with Crippen molar-refractivity contribution >= 4 is 5.91 Å². The van der Waals surface area contributed by atoms with Crippen molar-refractivity contribution in [2.75, 3.05) is 19.6 Å². The Balaban J connectivity index is 1.64. The number of rotatable bonds is 6. The Labute approximate surface area is 142 Å². The number of amides is 1. The Kier molecular flexibility index (Phi) is 5.43. The van der Waals surface area contributed by atoms with Crippen molar-refractivity contribution < 1.29 is 9.53 Å². The Bertz CT molecular complexity index is 669. The number of para-hydroxylation sites is 1. The molecule has 1 fully saturated rings. The molecule has 24 heavy (non-hydrogen) atoms. The Morgan fingerprint density at radius 3 is 2.79 bits per heavy atom. The van der Waals surface area contributed by atoms with E-state index in [0.717, 1.165) is 13.1 Å². The molecule has 1 aromatic carbocycles. The third-order valence-electron chi connectivity index (χ3n) is 4.32. The molecule has 126 valence electrons. The quantitative estimate of drug-likeness (QED) is 0.887. The first-order chi connectivity index (χ1) is 11.7. The summed E-state index contributed by atoms with van der Waals surface area (Å²) in [6.07, 6.45) is 5.81. The van der Waals surface area contributed by atoms with Crippen molar-refractivity contribution in [2.24, 2.45) is 0 Å². The number of hydrogen-bond donors (Lipinski definition) is 1. The molecule has 1 amide bonds. The number of carbonyl (C=O) groups excluding carboxylic acids is 1. The van der Waals surface area contributed by atoms with E-state index in [1.165, 1.54) is 12.8 Å². The number of hydrogen-bond acceptors (Lipinski definition) is 4. The van der Waals surface area contributed by atoms with Gasteiger partial charge < -0.3 is 10.1 Å². The summed E-state index contributed by atoms with van der Waals surface area (Å²) >= 11 is 0. The molecule has 5 heteroatoms. The summed E-state index contributed by atoms with van der Waals surface area (Å²) < 4.78 is 5.80. The lowest BCUT2D eigenvalue weighted by Crippen LogP contribution is -2.40. The number of benzene rings is 1. The van der Waals surface area contributed by atoms with Crippen molar-refractivity contribution in [3.8, 4) is 11.5 Å². The van der Waals surface area contributed by atoms with E-state index in [1.54, 1.807) is 30.6 Å². The predicted molar refractivity (Wildman–Crippen MR) is 93.4 cm³/mol. The van der Waals surface area contributed by atoms with Gasteiger partial charge in [-0.1, -0.05) is 12.1 Å². The average Bonchev–Trinajstić information content (AvgIpc) is 3.15. The first-order valence-corrected chi connectivity index (χ1v) is 8.43. The smallest absolute Gasteiger partial charge is 0.255 e. The molecule has 0 saturated carbocycles. The van der Waals surface area contributed by atoms with Crippen LogP contribution in [0.15, 0.2) is 48.8 Å². The maximum Gasteiger partial charge on any atom is 0.255 e. The van der Waals surface area contributed by atoms with Gasteiger partial charge in [0.1, 0.15) is 11.5 Å². The molecule has 3 rings (SSSR count). The van der Waals surface area contributed by atoms with Crippen LogP contribution in [0.3, 0.4) is 0 Å². The maximum absolute atomic E-state index is 12.5. The van der Waals surface area contributed by atoms with Crippen LogP contribution < -0.4 is 10.1 Å². The topological polar surface area (TPSA) is 54.5 Å². The second-order valence-electron chi connectivity index (χ2n) is 6.09. The minimum Gasteiger partial charge on any atom is -0.455 e. The summed E-state index contributed by atoms with van der Waals surface area (Å²) in [5.74, 6) is 1.04. The molecule has 2 aromatic rings. The molecule has 5 nitrogen and oxygen atoms in total. The van der Waals surface area contributed by atoms with E-state index in [2.05, 4.69) is 22.1 Å². The summed E-state index contributed by atoms with van der Waals surface area (Å²) in [7, 11) is 0. The van der Waals surface area contributed by atoms with Gasteiger partial charge in [-0.15, -0.1) is 0 Å². The van der Waals surface area contributed by atoms with Crippen molar-refractivity contribution in [1.82, 2.24) is 15.2 Å². The Morgan fingerprint density at radius 2 is 2.04 bits per heavy atom. The van der Waals surface area contributed by atoms with Gasteiger partial charge in [0, 0.05) is 18.8 Å². The fourth-order valence-electron chi connectivity index (χ4n) is 2.92. The Morgan fingerprint density at radius 1 is 1.25 bits per heavy atom.